The minimum atomic E-state index is 0.755. The van der Waals surface area contributed by atoms with Gasteiger partial charge in [0.1, 0.15) is 5.01 Å². The van der Waals surface area contributed by atoms with Gasteiger partial charge in [0.25, 0.3) is 0 Å². The second-order valence-corrected chi connectivity index (χ2v) is 6.82. The Balaban J connectivity index is 1.60. The van der Waals surface area contributed by atoms with Crippen LogP contribution in [0.1, 0.15) is 29.1 Å². The van der Waals surface area contributed by atoms with Crippen molar-refractivity contribution in [3.63, 3.8) is 0 Å². The fraction of sp³-hybridized carbons (Fsp3) is 0.353. The molecule has 3 aromatic rings. The third-order valence-electron chi connectivity index (χ3n) is 3.98. The second-order valence-electron chi connectivity index (χ2n) is 5.87. The molecular formula is C17H19N3S. The summed E-state index contributed by atoms with van der Waals surface area (Å²) >= 11 is 1.74. The topological polar surface area (TPSA) is 29.9 Å². The summed E-state index contributed by atoms with van der Waals surface area (Å²) < 4.78 is 2.30. The molecule has 0 spiro atoms. The summed E-state index contributed by atoms with van der Waals surface area (Å²) in [5.41, 5.74) is 3.78. The van der Waals surface area contributed by atoms with E-state index in [1.165, 1.54) is 34.3 Å². The highest BCUT2D eigenvalue weighted by molar-refractivity contribution is 7.09. The van der Waals surface area contributed by atoms with E-state index in [1.54, 1.807) is 11.3 Å². The summed E-state index contributed by atoms with van der Waals surface area (Å²) in [6.45, 7) is 3.89. The van der Waals surface area contributed by atoms with E-state index in [1.807, 2.05) is 0 Å². The van der Waals surface area contributed by atoms with Crippen molar-refractivity contribution in [2.45, 2.75) is 38.9 Å². The van der Waals surface area contributed by atoms with E-state index in [9.17, 15) is 0 Å². The number of thiazole rings is 1. The number of fused-ring (bicyclic) bond motifs is 1. The number of benzene rings is 1. The molecule has 1 saturated carbocycles. The number of hydrogen-bond acceptors (Lipinski definition) is 3. The van der Waals surface area contributed by atoms with Crippen molar-refractivity contribution in [2.24, 2.45) is 0 Å². The molecule has 1 aromatic carbocycles. The molecule has 0 saturated heterocycles. The molecule has 1 N–H and O–H groups in total. The summed E-state index contributed by atoms with van der Waals surface area (Å²) in [5.74, 6) is 0. The van der Waals surface area contributed by atoms with Gasteiger partial charge in [-0.05, 0) is 42.8 Å². The van der Waals surface area contributed by atoms with Crippen molar-refractivity contribution in [2.75, 3.05) is 0 Å². The van der Waals surface area contributed by atoms with Gasteiger partial charge in [-0.25, -0.2) is 4.98 Å². The number of nitrogens with one attached hydrogen (secondary N) is 1. The van der Waals surface area contributed by atoms with E-state index in [-0.39, 0.29) is 0 Å². The van der Waals surface area contributed by atoms with Crippen LogP contribution in [-0.4, -0.2) is 15.6 Å². The fourth-order valence-electron chi connectivity index (χ4n) is 2.65. The normalized spacial score (nSPS) is 14.9. The molecule has 4 heteroatoms. The minimum absolute atomic E-state index is 0.755. The molecular weight excluding hydrogens is 278 g/mol. The lowest BCUT2D eigenvalue weighted by Gasteiger charge is -2.06. The van der Waals surface area contributed by atoms with Crippen molar-refractivity contribution in [1.82, 2.24) is 14.9 Å². The zero-order valence-corrected chi connectivity index (χ0v) is 13.0. The molecule has 0 bridgehead atoms. The minimum Gasteiger partial charge on any atom is -0.341 e. The first-order valence-electron chi connectivity index (χ1n) is 7.50. The van der Waals surface area contributed by atoms with Crippen LogP contribution < -0.4 is 5.32 Å². The second kappa shape index (κ2) is 5.28. The van der Waals surface area contributed by atoms with Crippen LogP contribution in [0.5, 0.6) is 0 Å². The van der Waals surface area contributed by atoms with Crippen LogP contribution >= 0.6 is 11.3 Å². The molecule has 108 valence electrons. The number of aryl methyl sites for hydroxylation is 1. The van der Waals surface area contributed by atoms with E-state index < -0.39 is 0 Å². The SMILES string of the molecule is Cc1csc(Cn2ccc3ccc(CNC4CC4)cc32)n1. The lowest BCUT2D eigenvalue weighted by Crippen LogP contribution is -2.15. The largest absolute Gasteiger partial charge is 0.341 e. The number of aromatic nitrogens is 2. The van der Waals surface area contributed by atoms with Gasteiger partial charge >= 0.3 is 0 Å². The van der Waals surface area contributed by atoms with E-state index in [0.717, 1.165) is 24.8 Å². The average molecular weight is 297 g/mol. The van der Waals surface area contributed by atoms with Crippen molar-refractivity contribution < 1.29 is 0 Å². The van der Waals surface area contributed by atoms with E-state index in [0.29, 0.717) is 0 Å². The smallest absolute Gasteiger partial charge is 0.113 e. The molecule has 0 atom stereocenters. The summed E-state index contributed by atoms with van der Waals surface area (Å²) in [6.07, 6.45) is 4.84. The number of nitrogens with zero attached hydrogens (tertiary/aromatic N) is 2. The van der Waals surface area contributed by atoms with Gasteiger partial charge in [-0.15, -0.1) is 11.3 Å². The van der Waals surface area contributed by atoms with Crippen molar-refractivity contribution in [3.8, 4) is 0 Å². The maximum atomic E-state index is 4.57. The molecule has 0 amide bonds. The standard InChI is InChI=1S/C17H19N3S/c1-12-11-21-17(19-12)10-20-7-6-14-3-2-13(8-16(14)20)9-18-15-4-5-15/h2-3,6-8,11,15,18H,4-5,9-10H2,1H3. The van der Waals surface area contributed by atoms with Crippen molar-refractivity contribution in [3.05, 3.63) is 52.1 Å². The van der Waals surface area contributed by atoms with Crippen LogP contribution in [-0.2, 0) is 13.1 Å². The van der Waals surface area contributed by atoms with Crippen LogP contribution in [0.2, 0.25) is 0 Å². The predicted octanol–water partition coefficient (Wildman–Crippen LogP) is 3.71. The molecule has 1 aliphatic carbocycles. The van der Waals surface area contributed by atoms with Crippen molar-refractivity contribution in [1.29, 1.82) is 0 Å². The lowest BCUT2D eigenvalue weighted by atomic mass is 10.1. The number of rotatable bonds is 5. The third kappa shape index (κ3) is 2.87. The molecule has 0 unspecified atom stereocenters. The Hall–Kier alpha value is -1.65. The summed E-state index contributed by atoms with van der Waals surface area (Å²) in [6, 6.07) is 9.71. The molecule has 4 rings (SSSR count). The summed E-state index contributed by atoms with van der Waals surface area (Å²) in [7, 11) is 0. The van der Waals surface area contributed by atoms with Crippen molar-refractivity contribution >= 4 is 22.2 Å². The van der Waals surface area contributed by atoms with Crippen LogP contribution in [0.15, 0.2) is 35.8 Å². The summed E-state index contributed by atoms with van der Waals surface area (Å²) in [4.78, 5) is 4.57. The first-order chi connectivity index (χ1) is 10.3. The van der Waals surface area contributed by atoms with Gasteiger partial charge < -0.3 is 9.88 Å². The Morgan fingerprint density at radius 3 is 3.00 bits per heavy atom. The fourth-order valence-corrected chi connectivity index (χ4v) is 3.42. The van der Waals surface area contributed by atoms with Gasteiger partial charge in [-0.3, -0.25) is 0 Å². The average Bonchev–Trinajstić information content (AvgIpc) is 3.12. The first kappa shape index (κ1) is 13.0. The Morgan fingerprint density at radius 1 is 1.33 bits per heavy atom. The van der Waals surface area contributed by atoms with E-state index >= 15 is 0 Å². The molecule has 2 heterocycles. The van der Waals surface area contributed by atoms with Gasteiger partial charge in [0, 0.05) is 35.4 Å². The third-order valence-corrected chi connectivity index (χ3v) is 4.93. The maximum Gasteiger partial charge on any atom is 0.113 e. The molecule has 0 aliphatic heterocycles. The van der Waals surface area contributed by atoms with Crippen LogP contribution in [0, 0.1) is 6.92 Å². The first-order valence-corrected chi connectivity index (χ1v) is 8.38. The predicted molar refractivity (Wildman–Crippen MR) is 87.8 cm³/mol. The van der Waals surface area contributed by atoms with Gasteiger partial charge in [0.15, 0.2) is 0 Å². The highest BCUT2D eigenvalue weighted by Crippen LogP contribution is 2.22. The highest BCUT2D eigenvalue weighted by Gasteiger charge is 2.19. The van der Waals surface area contributed by atoms with Gasteiger partial charge in [-0.2, -0.15) is 0 Å². The molecule has 0 radical (unpaired) electrons. The van der Waals surface area contributed by atoms with Crippen LogP contribution in [0.25, 0.3) is 10.9 Å². The van der Waals surface area contributed by atoms with E-state index in [2.05, 4.69) is 57.6 Å². The molecule has 21 heavy (non-hydrogen) atoms. The Bertz CT molecular complexity index is 767. The maximum absolute atomic E-state index is 4.57. The zero-order valence-electron chi connectivity index (χ0n) is 12.2. The molecule has 3 nitrogen and oxygen atoms in total. The Labute approximate surface area is 128 Å². The molecule has 1 fully saturated rings. The quantitative estimate of drug-likeness (QED) is 0.778. The number of hydrogen-bond donors (Lipinski definition) is 1. The zero-order chi connectivity index (χ0) is 14.2. The molecule has 2 aromatic heterocycles. The highest BCUT2D eigenvalue weighted by atomic mass is 32.1. The van der Waals surface area contributed by atoms with E-state index in [4.69, 9.17) is 0 Å². The van der Waals surface area contributed by atoms with Crippen LogP contribution in [0.4, 0.5) is 0 Å². The lowest BCUT2D eigenvalue weighted by molar-refractivity contribution is 0.688. The Morgan fingerprint density at radius 2 is 2.24 bits per heavy atom. The monoisotopic (exact) mass is 297 g/mol. The van der Waals surface area contributed by atoms with Gasteiger partial charge in [0.05, 0.1) is 6.54 Å². The summed E-state index contributed by atoms with van der Waals surface area (Å²) in [5, 5.41) is 8.18. The van der Waals surface area contributed by atoms with Gasteiger partial charge in [0.2, 0.25) is 0 Å². The van der Waals surface area contributed by atoms with Gasteiger partial charge in [-0.1, -0.05) is 12.1 Å². The Kier molecular flexibility index (Phi) is 3.28. The molecule has 1 aliphatic rings. The van der Waals surface area contributed by atoms with Crippen LogP contribution in [0.3, 0.4) is 0 Å².